The number of esters is 1. The van der Waals surface area contributed by atoms with E-state index in [1.54, 1.807) is 75.4 Å². The van der Waals surface area contributed by atoms with Gasteiger partial charge in [-0.2, -0.15) is 0 Å². The number of phenols is 1. The van der Waals surface area contributed by atoms with E-state index in [0.29, 0.717) is 16.9 Å². The molecule has 0 fully saturated rings. The Hall–Kier alpha value is -4.59. The monoisotopic (exact) mass is 487 g/mol. The number of phenolic OH excluding ortho intramolecular Hbond substituents is 1. The molecule has 3 aromatic carbocycles. The van der Waals surface area contributed by atoms with Crippen LogP contribution in [0.4, 0.5) is 4.79 Å². The molecule has 0 bridgehead atoms. The first-order valence-corrected chi connectivity index (χ1v) is 11.2. The summed E-state index contributed by atoms with van der Waals surface area (Å²) >= 11 is 0. The number of hydrogen-bond acceptors (Lipinski definition) is 7. The largest absolute Gasteiger partial charge is 0.507 e. The van der Waals surface area contributed by atoms with Gasteiger partial charge < -0.3 is 24.3 Å². The Morgan fingerprint density at radius 3 is 2.22 bits per heavy atom. The standard InChI is InChI=1S/C28H25NO7/c1-28(2,3)36-27(33)29-25(18-12-8-5-9-13-18)26(32)34-19-14-20(30)24-21(31)16-22(35-23(24)15-19)17-10-6-4-7-11-17/h4-16,25,30H,1-3H3,(H,29,33)/t25-/m1/s1. The molecule has 1 atom stereocenters. The molecule has 1 amide bonds. The van der Waals surface area contributed by atoms with Crippen molar-refractivity contribution in [2.45, 2.75) is 32.4 Å². The van der Waals surface area contributed by atoms with Crippen molar-refractivity contribution < 1.29 is 28.6 Å². The first kappa shape index (κ1) is 24.5. The Balaban J connectivity index is 1.67. The lowest BCUT2D eigenvalue weighted by atomic mass is 10.1. The summed E-state index contributed by atoms with van der Waals surface area (Å²) in [6, 6.07) is 20.1. The first-order chi connectivity index (χ1) is 17.1. The summed E-state index contributed by atoms with van der Waals surface area (Å²) in [6.45, 7) is 5.12. The number of ether oxygens (including phenoxy) is 2. The van der Waals surface area contributed by atoms with E-state index < -0.39 is 34.9 Å². The number of aromatic hydroxyl groups is 1. The molecule has 8 nitrogen and oxygen atoms in total. The average Bonchev–Trinajstić information content (AvgIpc) is 2.82. The Labute approximate surface area is 207 Å². The van der Waals surface area contributed by atoms with Gasteiger partial charge in [-0.1, -0.05) is 60.7 Å². The molecule has 0 unspecified atom stereocenters. The number of benzene rings is 3. The molecule has 8 heteroatoms. The zero-order valence-electron chi connectivity index (χ0n) is 20.0. The summed E-state index contributed by atoms with van der Waals surface area (Å²) in [5.41, 5.74) is -0.0343. The number of fused-ring (bicyclic) bond motifs is 1. The number of nitrogens with one attached hydrogen (secondary N) is 1. The second-order valence-corrected chi connectivity index (χ2v) is 9.07. The summed E-state index contributed by atoms with van der Waals surface area (Å²) in [4.78, 5) is 38.2. The molecule has 4 rings (SSSR count). The lowest BCUT2D eigenvalue weighted by Gasteiger charge is -2.23. The molecule has 36 heavy (non-hydrogen) atoms. The summed E-state index contributed by atoms with van der Waals surface area (Å²) < 4.78 is 16.6. The van der Waals surface area contributed by atoms with E-state index in [9.17, 15) is 19.5 Å². The highest BCUT2D eigenvalue weighted by Gasteiger charge is 2.28. The highest BCUT2D eigenvalue weighted by Crippen LogP contribution is 2.32. The molecule has 0 saturated heterocycles. The molecule has 2 N–H and O–H groups in total. The number of carbonyl (C=O) groups is 2. The molecule has 0 aliphatic rings. The minimum absolute atomic E-state index is 0.0408. The molecular weight excluding hydrogens is 462 g/mol. The smallest absolute Gasteiger partial charge is 0.408 e. The first-order valence-electron chi connectivity index (χ1n) is 11.2. The van der Waals surface area contributed by atoms with Crippen molar-refractivity contribution >= 4 is 23.0 Å². The second kappa shape index (κ2) is 9.95. The van der Waals surface area contributed by atoms with Gasteiger partial charge in [-0.15, -0.1) is 0 Å². The zero-order valence-corrected chi connectivity index (χ0v) is 20.0. The second-order valence-electron chi connectivity index (χ2n) is 9.07. The van der Waals surface area contributed by atoms with Crippen molar-refractivity contribution in [3.05, 3.63) is 94.6 Å². The van der Waals surface area contributed by atoms with Crippen molar-refractivity contribution in [2.24, 2.45) is 0 Å². The van der Waals surface area contributed by atoms with Crippen LogP contribution in [0.3, 0.4) is 0 Å². The predicted octanol–water partition coefficient (Wildman–Crippen LogP) is 5.34. The number of rotatable bonds is 5. The van der Waals surface area contributed by atoms with E-state index in [-0.39, 0.29) is 16.7 Å². The quantitative estimate of drug-likeness (QED) is 0.288. The molecule has 0 aliphatic carbocycles. The van der Waals surface area contributed by atoms with Crippen LogP contribution in [0.15, 0.2) is 88.1 Å². The van der Waals surface area contributed by atoms with E-state index in [1.807, 2.05) is 6.07 Å². The van der Waals surface area contributed by atoms with E-state index in [0.717, 1.165) is 6.07 Å². The van der Waals surface area contributed by atoms with Crippen molar-refractivity contribution in [2.75, 3.05) is 0 Å². The summed E-state index contributed by atoms with van der Waals surface area (Å²) in [5, 5.41) is 13.0. The van der Waals surface area contributed by atoms with Crippen molar-refractivity contribution in [1.82, 2.24) is 5.32 Å². The summed E-state index contributed by atoms with van der Waals surface area (Å²) in [7, 11) is 0. The molecule has 1 heterocycles. The molecule has 0 spiro atoms. The van der Waals surface area contributed by atoms with Crippen molar-refractivity contribution in [1.29, 1.82) is 0 Å². The van der Waals surface area contributed by atoms with Gasteiger partial charge in [0.15, 0.2) is 11.5 Å². The van der Waals surface area contributed by atoms with Crippen molar-refractivity contribution in [3.63, 3.8) is 0 Å². The number of hydrogen-bond donors (Lipinski definition) is 2. The minimum Gasteiger partial charge on any atom is -0.507 e. The van der Waals surface area contributed by atoms with Gasteiger partial charge in [0.2, 0.25) is 0 Å². The van der Waals surface area contributed by atoms with Gasteiger partial charge in [-0.25, -0.2) is 9.59 Å². The normalized spacial score (nSPS) is 12.1. The van der Waals surface area contributed by atoms with Crippen LogP contribution in [0.5, 0.6) is 11.5 Å². The molecule has 0 radical (unpaired) electrons. The summed E-state index contributed by atoms with van der Waals surface area (Å²) in [5.74, 6) is -0.998. The maximum absolute atomic E-state index is 13.2. The van der Waals surface area contributed by atoms with Gasteiger partial charge in [-0.05, 0) is 26.3 Å². The van der Waals surface area contributed by atoms with E-state index in [2.05, 4.69) is 5.32 Å². The highest BCUT2D eigenvalue weighted by molar-refractivity contribution is 5.88. The fraction of sp³-hybridized carbons (Fsp3) is 0.179. The zero-order chi connectivity index (χ0) is 25.9. The molecule has 4 aromatic rings. The Morgan fingerprint density at radius 1 is 0.944 bits per heavy atom. The topological polar surface area (TPSA) is 115 Å². The lowest BCUT2D eigenvalue weighted by Crippen LogP contribution is -2.39. The number of alkyl carbamates (subject to hydrolysis) is 1. The molecule has 0 aliphatic heterocycles. The maximum atomic E-state index is 13.2. The van der Waals surface area contributed by atoms with E-state index >= 15 is 0 Å². The predicted molar refractivity (Wildman–Crippen MR) is 134 cm³/mol. The fourth-order valence-corrected chi connectivity index (χ4v) is 3.57. The highest BCUT2D eigenvalue weighted by atomic mass is 16.6. The van der Waals surface area contributed by atoms with Crippen LogP contribution in [0.25, 0.3) is 22.3 Å². The van der Waals surface area contributed by atoms with Crippen LogP contribution in [-0.2, 0) is 9.53 Å². The molecule has 184 valence electrons. The Morgan fingerprint density at radius 2 is 1.58 bits per heavy atom. The van der Waals surface area contributed by atoms with Crippen LogP contribution in [-0.4, -0.2) is 22.8 Å². The Bertz CT molecular complexity index is 1450. The average molecular weight is 488 g/mol. The van der Waals surface area contributed by atoms with Crippen LogP contribution >= 0.6 is 0 Å². The van der Waals surface area contributed by atoms with Gasteiger partial charge >= 0.3 is 12.1 Å². The van der Waals surface area contributed by atoms with Gasteiger partial charge in [0, 0.05) is 23.8 Å². The van der Waals surface area contributed by atoms with E-state index in [1.165, 1.54) is 12.1 Å². The minimum atomic E-state index is -1.19. The molecular formula is C28H25NO7. The SMILES string of the molecule is CC(C)(C)OC(=O)N[C@@H](C(=O)Oc1cc(O)c2c(=O)cc(-c3ccccc3)oc2c1)c1ccccc1. The van der Waals surface area contributed by atoms with Gasteiger partial charge in [0.25, 0.3) is 0 Å². The Kier molecular flexibility index (Phi) is 6.78. The summed E-state index contributed by atoms with van der Waals surface area (Å²) in [6.07, 6.45) is -0.798. The van der Waals surface area contributed by atoms with Gasteiger partial charge in [-0.3, -0.25) is 4.79 Å². The number of carbonyl (C=O) groups excluding carboxylic acids is 2. The van der Waals surface area contributed by atoms with Crippen LogP contribution in [0.1, 0.15) is 32.4 Å². The van der Waals surface area contributed by atoms with E-state index in [4.69, 9.17) is 13.9 Å². The molecule has 0 saturated carbocycles. The van der Waals surface area contributed by atoms with Crippen LogP contribution < -0.4 is 15.5 Å². The van der Waals surface area contributed by atoms with Crippen molar-refractivity contribution in [3.8, 4) is 22.8 Å². The van der Waals surface area contributed by atoms with Crippen LogP contribution in [0, 0.1) is 0 Å². The van der Waals surface area contributed by atoms with Gasteiger partial charge in [0.05, 0.1) is 0 Å². The third kappa shape index (κ3) is 5.72. The number of amides is 1. The van der Waals surface area contributed by atoms with Crippen LogP contribution in [0.2, 0.25) is 0 Å². The fourth-order valence-electron chi connectivity index (χ4n) is 3.57. The third-order valence-electron chi connectivity index (χ3n) is 5.09. The molecule has 1 aromatic heterocycles. The van der Waals surface area contributed by atoms with Gasteiger partial charge in [0.1, 0.15) is 33.8 Å². The maximum Gasteiger partial charge on any atom is 0.408 e. The third-order valence-corrected chi connectivity index (χ3v) is 5.09. The lowest BCUT2D eigenvalue weighted by molar-refractivity contribution is -0.137.